The summed E-state index contributed by atoms with van der Waals surface area (Å²) in [6, 6.07) is 8.44. The van der Waals surface area contributed by atoms with Crippen LogP contribution in [0.15, 0.2) is 29.2 Å². The zero-order chi connectivity index (χ0) is 6.10. The van der Waals surface area contributed by atoms with Crippen LogP contribution in [-0.2, 0) is 23.6 Å². The summed E-state index contributed by atoms with van der Waals surface area (Å²) in [7, 11) is 0. The molecule has 1 N–H and O–H groups in total. The Bertz CT molecular complexity index is 204. The molecule has 0 spiro atoms. The first-order valence-electron chi connectivity index (χ1n) is 2.94. The van der Waals surface area contributed by atoms with E-state index in [4.69, 9.17) is 0 Å². The molecule has 1 aromatic carbocycles. The zero-order valence-electron chi connectivity index (χ0n) is 5.23. The van der Waals surface area contributed by atoms with E-state index in [2.05, 4.69) is 29.0 Å². The van der Waals surface area contributed by atoms with Gasteiger partial charge in [0.05, 0.1) is 0 Å². The Balaban J connectivity index is 0.000000500. The largest absolute Gasteiger partial charge is 0.255 e. The van der Waals surface area contributed by atoms with Gasteiger partial charge < -0.3 is 0 Å². The summed E-state index contributed by atoms with van der Waals surface area (Å²) in [6.45, 7) is 1.01. The average Bonchev–Trinajstić information content (AvgIpc) is 2.33. The van der Waals surface area contributed by atoms with Gasteiger partial charge in [-0.25, -0.2) is 0 Å². The number of rotatable bonds is 0. The Hall–Kier alpha value is 0.0495. The normalized spacial score (nSPS) is 14.0. The van der Waals surface area contributed by atoms with E-state index in [0.29, 0.717) is 0 Å². The second kappa shape index (κ2) is 3.44. The van der Waals surface area contributed by atoms with E-state index in [-0.39, 0.29) is 17.1 Å². The van der Waals surface area contributed by atoms with Crippen LogP contribution in [0.1, 0.15) is 5.56 Å². The van der Waals surface area contributed by atoms with Gasteiger partial charge in [0.2, 0.25) is 0 Å². The van der Waals surface area contributed by atoms with Gasteiger partial charge in [0.1, 0.15) is 0 Å². The first-order valence-corrected chi connectivity index (χ1v) is 3.76. The van der Waals surface area contributed by atoms with Gasteiger partial charge in [-0.1, -0.05) is 18.2 Å². The van der Waals surface area contributed by atoms with E-state index in [1.807, 2.05) is 0 Å². The van der Waals surface area contributed by atoms with Crippen LogP contribution in [0, 0.1) is 0 Å². The topological polar surface area (TPSA) is 12.0 Å². The molecule has 1 nitrogen and oxygen atoms in total. The van der Waals surface area contributed by atoms with Crippen LogP contribution in [0.5, 0.6) is 0 Å². The van der Waals surface area contributed by atoms with E-state index in [1.54, 1.807) is 11.9 Å². The molecular formula is C7H7CuNS. The van der Waals surface area contributed by atoms with E-state index < -0.39 is 0 Å². The minimum Gasteiger partial charge on any atom is -0.255 e. The van der Waals surface area contributed by atoms with E-state index in [9.17, 15) is 0 Å². The van der Waals surface area contributed by atoms with Crippen molar-refractivity contribution in [2.45, 2.75) is 11.4 Å². The molecule has 0 aromatic heterocycles. The Morgan fingerprint density at radius 2 is 2.10 bits per heavy atom. The Morgan fingerprint density at radius 1 is 1.30 bits per heavy atom. The molecule has 0 unspecified atom stereocenters. The minimum absolute atomic E-state index is 0. The summed E-state index contributed by atoms with van der Waals surface area (Å²) in [5, 5.41) is 0. The van der Waals surface area contributed by atoms with Crippen LogP contribution >= 0.6 is 11.9 Å². The van der Waals surface area contributed by atoms with Crippen LogP contribution in [0.25, 0.3) is 0 Å². The smallest absolute Gasteiger partial charge is 0.0324 e. The summed E-state index contributed by atoms with van der Waals surface area (Å²) >= 11 is 1.72. The van der Waals surface area contributed by atoms with Crippen molar-refractivity contribution in [3.63, 3.8) is 0 Å². The van der Waals surface area contributed by atoms with Crippen LogP contribution in [0.2, 0.25) is 0 Å². The Morgan fingerprint density at radius 3 is 2.90 bits per heavy atom. The maximum absolute atomic E-state index is 3.20. The number of nitrogens with one attached hydrogen (secondary N) is 1. The van der Waals surface area contributed by atoms with Crippen LogP contribution in [-0.4, -0.2) is 0 Å². The van der Waals surface area contributed by atoms with Crippen molar-refractivity contribution in [3.05, 3.63) is 29.8 Å². The molecule has 2 rings (SSSR count). The van der Waals surface area contributed by atoms with Gasteiger partial charge in [0.15, 0.2) is 0 Å². The molecule has 0 bridgehead atoms. The molecule has 10 heavy (non-hydrogen) atoms. The average molecular weight is 201 g/mol. The van der Waals surface area contributed by atoms with Gasteiger partial charge in [0.25, 0.3) is 0 Å². The van der Waals surface area contributed by atoms with Crippen molar-refractivity contribution in [2.24, 2.45) is 0 Å². The maximum Gasteiger partial charge on any atom is 0.0324 e. The van der Waals surface area contributed by atoms with Crippen molar-refractivity contribution in [1.29, 1.82) is 0 Å². The monoisotopic (exact) mass is 200 g/mol. The SMILES string of the molecule is [Cu].c1ccc2c(c1)CNS2. The molecule has 0 fully saturated rings. The third-order valence-corrected chi connectivity index (χ3v) is 2.32. The second-order valence-corrected chi connectivity index (χ2v) is 2.96. The third kappa shape index (κ3) is 1.38. The molecule has 1 aliphatic heterocycles. The van der Waals surface area contributed by atoms with Crippen LogP contribution in [0.4, 0.5) is 0 Å². The summed E-state index contributed by atoms with van der Waals surface area (Å²) < 4.78 is 3.20. The van der Waals surface area contributed by atoms with E-state index >= 15 is 0 Å². The second-order valence-electron chi connectivity index (χ2n) is 2.03. The molecule has 0 amide bonds. The first-order chi connectivity index (χ1) is 4.47. The van der Waals surface area contributed by atoms with Crippen molar-refractivity contribution < 1.29 is 17.1 Å². The maximum atomic E-state index is 3.20. The number of fused-ring (bicyclic) bond motifs is 1. The molecule has 0 atom stereocenters. The van der Waals surface area contributed by atoms with Gasteiger partial charge in [-0.3, -0.25) is 4.72 Å². The van der Waals surface area contributed by atoms with E-state index in [1.165, 1.54) is 10.5 Å². The minimum atomic E-state index is 0. The summed E-state index contributed by atoms with van der Waals surface area (Å²) in [5.41, 5.74) is 1.42. The van der Waals surface area contributed by atoms with Crippen LogP contribution in [0.3, 0.4) is 0 Å². The first kappa shape index (κ1) is 8.15. The molecule has 1 aliphatic rings. The summed E-state index contributed by atoms with van der Waals surface area (Å²) in [5.74, 6) is 0. The molecule has 1 heterocycles. The van der Waals surface area contributed by atoms with Crippen molar-refractivity contribution in [2.75, 3.05) is 0 Å². The molecule has 0 saturated carbocycles. The molecule has 57 valence electrons. The predicted molar refractivity (Wildman–Crippen MR) is 39.1 cm³/mol. The molecule has 3 heteroatoms. The van der Waals surface area contributed by atoms with Crippen molar-refractivity contribution in [3.8, 4) is 0 Å². The molecule has 1 aromatic rings. The van der Waals surface area contributed by atoms with Gasteiger partial charge in [-0.15, -0.1) is 0 Å². The fraction of sp³-hybridized carbons (Fsp3) is 0.143. The quantitative estimate of drug-likeness (QED) is 0.507. The van der Waals surface area contributed by atoms with Crippen molar-refractivity contribution in [1.82, 2.24) is 4.72 Å². The third-order valence-electron chi connectivity index (χ3n) is 1.42. The predicted octanol–water partition coefficient (Wildman–Crippen LogP) is 1.79. The van der Waals surface area contributed by atoms with Crippen molar-refractivity contribution >= 4 is 11.9 Å². The fourth-order valence-corrected chi connectivity index (χ4v) is 1.74. The molecule has 0 aliphatic carbocycles. The number of hydrogen-bond acceptors (Lipinski definition) is 2. The Kier molecular flexibility index (Phi) is 2.81. The summed E-state index contributed by atoms with van der Waals surface area (Å²) in [6.07, 6.45) is 0. The number of benzene rings is 1. The molecule has 0 saturated heterocycles. The number of hydrogen-bond donors (Lipinski definition) is 1. The van der Waals surface area contributed by atoms with Gasteiger partial charge in [0, 0.05) is 28.5 Å². The zero-order valence-corrected chi connectivity index (χ0v) is 6.98. The van der Waals surface area contributed by atoms with Gasteiger partial charge >= 0.3 is 0 Å². The van der Waals surface area contributed by atoms with Gasteiger partial charge in [-0.2, -0.15) is 0 Å². The Labute approximate surface area is 75.2 Å². The fourth-order valence-electron chi connectivity index (χ4n) is 0.941. The summed E-state index contributed by atoms with van der Waals surface area (Å²) in [4.78, 5) is 1.37. The standard InChI is InChI=1S/C7H7NS.Cu/c1-2-4-7-6(3-1)5-8-9-7;/h1-4,8H,5H2;. The van der Waals surface area contributed by atoms with Crippen LogP contribution < -0.4 is 4.72 Å². The van der Waals surface area contributed by atoms with E-state index in [0.717, 1.165) is 6.54 Å². The van der Waals surface area contributed by atoms with Gasteiger partial charge in [-0.05, 0) is 23.6 Å². The molecule has 1 radical (unpaired) electrons. The molecular weight excluding hydrogens is 194 g/mol.